The first-order valence-corrected chi connectivity index (χ1v) is 7.78. The van der Waals surface area contributed by atoms with E-state index in [1.165, 1.54) is 6.07 Å². The third kappa shape index (κ3) is 4.18. The molecule has 0 fully saturated rings. The summed E-state index contributed by atoms with van der Waals surface area (Å²) in [5, 5.41) is 0. The maximum Gasteiger partial charge on any atom is 1.00 e. The number of amides is 1. The van der Waals surface area contributed by atoms with E-state index in [-0.39, 0.29) is 60.4 Å². The summed E-state index contributed by atoms with van der Waals surface area (Å²) in [5.41, 5.74) is 0.0116. The van der Waals surface area contributed by atoms with Crippen LogP contribution in [-0.4, -0.2) is 43.8 Å². The molecule has 0 radical (unpaired) electrons. The Kier molecular flexibility index (Phi) is 6.49. The largest absolute Gasteiger partial charge is 1.00 e. The second-order valence-electron chi connectivity index (χ2n) is 4.47. The number of ether oxygens (including phenoxy) is 1. The number of benzene rings is 1. The Bertz CT molecular complexity index is 760. The van der Waals surface area contributed by atoms with Crippen LogP contribution in [0.4, 0.5) is 5.69 Å². The molecule has 1 aromatic rings. The fourth-order valence-corrected chi connectivity index (χ4v) is 2.59. The number of rotatable bonds is 5. The molecule has 1 aliphatic heterocycles. The fraction of sp³-hybridized carbons (Fsp3) is 0.308. The number of fused-ring (bicyclic) bond motifs is 1. The summed E-state index contributed by atoms with van der Waals surface area (Å²) in [6, 6.07) is 3.10. The molecular formula is C13H12NNaO7S. The van der Waals surface area contributed by atoms with Crippen LogP contribution < -0.4 is 34.5 Å². The summed E-state index contributed by atoms with van der Waals surface area (Å²) in [6.45, 7) is 1.77. The van der Waals surface area contributed by atoms with Crippen molar-refractivity contribution in [3.8, 4) is 0 Å². The van der Waals surface area contributed by atoms with Crippen molar-refractivity contribution in [2.24, 2.45) is 0 Å². The smallest absolute Gasteiger partial charge is 0.744 e. The Morgan fingerprint density at radius 3 is 2.52 bits per heavy atom. The average Bonchev–Trinajstić information content (AvgIpc) is 2.68. The van der Waals surface area contributed by atoms with Crippen molar-refractivity contribution in [2.45, 2.75) is 18.2 Å². The minimum absolute atomic E-state index is 0. The first kappa shape index (κ1) is 19.8. The number of carbonyl (C=O) groups is 3. The van der Waals surface area contributed by atoms with Crippen molar-refractivity contribution in [3.63, 3.8) is 0 Å². The molecule has 0 saturated carbocycles. The predicted octanol–water partition coefficient (Wildman–Crippen LogP) is -2.92. The van der Waals surface area contributed by atoms with Gasteiger partial charge in [-0.05, 0) is 25.1 Å². The molecule has 10 heteroatoms. The van der Waals surface area contributed by atoms with Gasteiger partial charge in [-0.3, -0.25) is 14.4 Å². The van der Waals surface area contributed by atoms with Gasteiger partial charge in [0, 0.05) is 6.54 Å². The molecule has 23 heavy (non-hydrogen) atoms. The van der Waals surface area contributed by atoms with Gasteiger partial charge in [-0.25, -0.2) is 8.42 Å². The SMILES string of the molecule is CCOC(=O)CCN1C(=O)C(=O)c2cc(S(=O)(=O)[O-])ccc21.[Na+]. The number of hydrogen-bond donors (Lipinski definition) is 0. The van der Waals surface area contributed by atoms with Gasteiger partial charge in [0.1, 0.15) is 10.1 Å². The third-order valence-electron chi connectivity index (χ3n) is 3.08. The molecule has 1 aliphatic rings. The van der Waals surface area contributed by atoms with Crippen LogP contribution in [0.2, 0.25) is 0 Å². The minimum atomic E-state index is -4.72. The third-order valence-corrected chi connectivity index (χ3v) is 3.91. The van der Waals surface area contributed by atoms with Crippen LogP contribution in [-0.2, 0) is 24.4 Å². The molecule has 1 heterocycles. The second kappa shape index (κ2) is 7.54. The summed E-state index contributed by atoms with van der Waals surface area (Å²) >= 11 is 0. The van der Waals surface area contributed by atoms with E-state index in [0.29, 0.717) is 0 Å². The van der Waals surface area contributed by atoms with Crippen molar-refractivity contribution in [3.05, 3.63) is 23.8 Å². The van der Waals surface area contributed by atoms with E-state index in [2.05, 4.69) is 0 Å². The molecule has 2 rings (SSSR count). The van der Waals surface area contributed by atoms with E-state index in [4.69, 9.17) is 4.74 Å². The van der Waals surface area contributed by atoms with Crippen molar-refractivity contribution in [2.75, 3.05) is 18.1 Å². The molecule has 0 aliphatic carbocycles. The van der Waals surface area contributed by atoms with E-state index >= 15 is 0 Å². The molecule has 118 valence electrons. The molecule has 1 aromatic carbocycles. The molecule has 0 spiro atoms. The average molecular weight is 349 g/mol. The van der Waals surface area contributed by atoms with Crippen LogP contribution in [0.3, 0.4) is 0 Å². The second-order valence-corrected chi connectivity index (χ2v) is 5.85. The van der Waals surface area contributed by atoms with Crippen molar-refractivity contribution in [1.29, 1.82) is 0 Å². The predicted molar refractivity (Wildman–Crippen MR) is 72.3 cm³/mol. The van der Waals surface area contributed by atoms with Crippen molar-refractivity contribution >= 4 is 33.5 Å². The Labute approximate surface area is 154 Å². The summed E-state index contributed by atoms with van der Waals surface area (Å²) in [4.78, 5) is 35.5. The summed E-state index contributed by atoms with van der Waals surface area (Å²) in [5.74, 6) is -2.31. The number of esters is 1. The topological polar surface area (TPSA) is 121 Å². The van der Waals surface area contributed by atoms with Crippen molar-refractivity contribution < 1.29 is 61.6 Å². The standard InChI is InChI=1S/C13H13NO7S.Na/c1-2-21-11(15)5-6-14-10-4-3-8(22(18,19)20)7-9(10)12(16)13(14)17;/h3-4,7H,2,5-6H2,1H3,(H,18,19,20);/q;+1/p-1. The van der Waals surface area contributed by atoms with Crippen LogP contribution in [0.15, 0.2) is 23.1 Å². The van der Waals surface area contributed by atoms with Gasteiger partial charge in [-0.2, -0.15) is 0 Å². The Morgan fingerprint density at radius 1 is 1.30 bits per heavy atom. The maximum absolute atomic E-state index is 11.9. The zero-order valence-corrected chi connectivity index (χ0v) is 15.4. The number of anilines is 1. The molecular weight excluding hydrogens is 337 g/mol. The fourth-order valence-electron chi connectivity index (χ4n) is 2.09. The molecule has 8 nitrogen and oxygen atoms in total. The molecule has 0 aromatic heterocycles. The van der Waals surface area contributed by atoms with Crippen LogP contribution in [0.5, 0.6) is 0 Å². The van der Waals surface area contributed by atoms with E-state index in [9.17, 15) is 27.4 Å². The Balaban J connectivity index is 0.00000264. The minimum Gasteiger partial charge on any atom is -0.744 e. The van der Waals surface area contributed by atoms with E-state index < -0.39 is 32.7 Å². The van der Waals surface area contributed by atoms with Gasteiger partial charge in [-0.15, -0.1) is 0 Å². The van der Waals surface area contributed by atoms with E-state index in [0.717, 1.165) is 17.0 Å². The molecule has 0 N–H and O–H groups in total. The summed E-state index contributed by atoms with van der Waals surface area (Å²) in [7, 11) is -4.72. The van der Waals surface area contributed by atoms with Crippen LogP contribution >= 0.6 is 0 Å². The normalized spacial score (nSPS) is 13.6. The van der Waals surface area contributed by atoms with E-state index in [1.54, 1.807) is 6.92 Å². The van der Waals surface area contributed by atoms with Gasteiger partial charge in [-0.1, -0.05) is 0 Å². The van der Waals surface area contributed by atoms with Gasteiger partial charge in [0.2, 0.25) is 0 Å². The number of hydrogen-bond acceptors (Lipinski definition) is 7. The molecule has 0 atom stereocenters. The monoisotopic (exact) mass is 349 g/mol. The molecule has 1 amide bonds. The number of carbonyl (C=O) groups excluding carboxylic acids is 3. The van der Waals surface area contributed by atoms with Gasteiger partial charge in [0.15, 0.2) is 0 Å². The van der Waals surface area contributed by atoms with Gasteiger partial charge in [0.05, 0.1) is 29.2 Å². The van der Waals surface area contributed by atoms with Crippen LogP contribution in [0.25, 0.3) is 0 Å². The molecule has 0 unspecified atom stereocenters. The van der Waals surface area contributed by atoms with Gasteiger partial charge in [0.25, 0.3) is 11.7 Å². The quantitative estimate of drug-likeness (QED) is 0.242. The summed E-state index contributed by atoms with van der Waals surface area (Å²) in [6.07, 6.45) is -0.103. The number of nitrogens with zero attached hydrogens (tertiary/aromatic N) is 1. The van der Waals surface area contributed by atoms with Crippen LogP contribution in [0, 0.1) is 0 Å². The molecule has 0 saturated heterocycles. The van der Waals surface area contributed by atoms with Gasteiger partial charge >= 0.3 is 35.5 Å². The first-order chi connectivity index (χ1) is 10.3. The zero-order chi connectivity index (χ0) is 16.5. The summed E-state index contributed by atoms with van der Waals surface area (Å²) < 4.78 is 37.6. The van der Waals surface area contributed by atoms with E-state index in [1.807, 2.05) is 0 Å². The number of Topliss-reactive ketones (excluding diaryl/α,β-unsaturated/α-hetero) is 1. The Hall–Kier alpha value is -1.26. The first-order valence-electron chi connectivity index (χ1n) is 6.37. The van der Waals surface area contributed by atoms with Crippen molar-refractivity contribution in [1.82, 2.24) is 0 Å². The zero-order valence-electron chi connectivity index (χ0n) is 12.6. The van der Waals surface area contributed by atoms with Gasteiger partial charge < -0.3 is 14.2 Å². The number of ketones is 1. The molecule has 0 bridgehead atoms. The van der Waals surface area contributed by atoms with Crippen LogP contribution in [0.1, 0.15) is 23.7 Å². The Morgan fingerprint density at radius 2 is 1.96 bits per heavy atom. The maximum atomic E-state index is 11.9.